The van der Waals surface area contributed by atoms with Crippen molar-refractivity contribution in [3.8, 4) is 0 Å². The van der Waals surface area contributed by atoms with Gasteiger partial charge in [0.05, 0.1) is 6.61 Å². The zero-order valence-corrected chi connectivity index (χ0v) is 13.8. The van der Waals surface area contributed by atoms with Crippen LogP contribution in [0.1, 0.15) is 32.2 Å². The summed E-state index contributed by atoms with van der Waals surface area (Å²) in [6.07, 6.45) is 2.46. The van der Waals surface area contributed by atoms with Crippen molar-refractivity contribution in [2.24, 2.45) is 0 Å². The Kier molecular flexibility index (Phi) is 3.98. The van der Waals surface area contributed by atoms with Crippen LogP contribution >= 0.6 is 0 Å². The highest BCUT2D eigenvalue weighted by molar-refractivity contribution is 6.08. The van der Waals surface area contributed by atoms with Gasteiger partial charge >= 0.3 is 5.97 Å². The molecular formula is C20H21NO3. The molecule has 24 heavy (non-hydrogen) atoms. The molecule has 3 aromatic rings. The van der Waals surface area contributed by atoms with Crippen LogP contribution in [0.3, 0.4) is 0 Å². The number of aromatic nitrogens is 1. The molecule has 2 unspecified atom stereocenters. The first-order chi connectivity index (χ1) is 11.8. The van der Waals surface area contributed by atoms with E-state index in [-0.39, 0.29) is 5.97 Å². The first-order valence-corrected chi connectivity index (χ1v) is 8.55. The van der Waals surface area contributed by atoms with Crippen LogP contribution in [0.15, 0.2) is 48.5 Å². The number of fused-ring (bicyclic) bond motifs is 3. The first-order valence-electron chi connectivity index (χ1n) is 8.55. The van der Waals surface area contributed by atoms with Crippen LogP contribution < -0.4 is 0 Å². The third kappa shape index (κ3) is 2.57. The van der Waals surface area contributed by atoms with Gasteiger partial charge in [0, 0.05) is 28.2 Å². The van der Waals surface area contributed by atoms with Crippen molar-refractivity contribution in [3.63, 3.8) is 0 Å². The van der Waals surface area contributed by atoms with Gasteiger partial charge < -0.3 is 14.0 Å². The highest BCUT2D eigenvalue weighted by Gasteiger charge is 2.25. The number of benzene rings is 2. The summed E-state index contributed by atoms with van der Waals surface area (Å²) in [6.45, 7) is 2.56. The number of ether oxygens (including phenoxy) is 2. The van der Waals surface area contributed by atoms with Gasteiger partial charge in [-0.25, -0.2) is 4.79 Å². The minimum atomic E-state index is -0.402. The Morgan fingerprint density at radius 3 is 2.29 bits per heavy atom. The van der Waals surface area contributed by atoms with E-state index >= 15 is 0 Å². The van der Waals surface area contributed by atoms with Crippen molar-refractivity contribution in [3.05, 3.63) is 48.5 Å². The van der Waals surface area contributed by atoms with Gasteiger partial charge in [-0.2, -0.15) is 0 Å². The SMILES string of the molecule is CC(C(=O)OC1CCCCO1)n1c2ccccc2c2ccccc21. The van der Waals surface area contributed by atoms with Crippen molar-refractivity contribution in [2.75, 3.05) is 6.61 Å². The maximum atomic E-state index is 12.7. The predicted octanol–water partition coefficient (Wildman–Crippen LogP) is 4.43. The molecule has 2 aromatic carbocycles. The summed E-state index contributed by atoms with van der Waals surface area (Å²) in [7, 11) is 0. The van der Waals surface area contributed by atoms with Crippen molar-refractivity contribution in [2.45, 2.75) is 38.5 Å². The lowest BCUT2D eigenvalue weighted by Gasteiger charge is -2.24. The van der Waals surface area contributed by atoms with Gasteiger partial charge in [0.2, 0.25) is 6.29 Å². The van der Waals surface area contributed by atoms with Crippen molar-refractivity contribution < 1.29 is 14.3 Å². The van der Waals surface area contributed by atoms with Crippen LogP contribution in [0.4, 0.5) is 0 Å². The molecular weight excluding hydrogens is 302 g/mol. The highest BCUT2D eigenvalue weighted by atomic mass is 16.7. The third-order valence-corrected chi connectivity index (χ3v) is 4.73. The number of esters is 1. The molecule has 1 fully saturated rings. The fourth-order valence-corrected chi connectivity index (χ4v) is 3.51. The van der Waals surface area contributed by atoms with Crippen molar-refractivity contribution >= 4 is 27.8 Å². The van der Waals surface area contributed by atoms with Crippen LogP contribution in [0.2, 0.25) is 0 Å². The zero-order valence-electron chi connectivity index (χ0n) is 13.8. The summed E-state index contributed by atoms with van der Waals surface area (Å²) in [5.74, 6) is -0.242. The van der Waals surface area contributed by atoms with Crippen molar-refractivity contribution in [1.82, 2.24) is 4.57 Å². The summed E-state index contributed by atoms with van der Waals surface area (Å²) in [6, 6.07) is 15.9. The minimum absolute atomic E-state index is 0.242. The first kappa shape index (κ1) is 15.2. The Bertz CT molecular complexity index is 824. The van der Waals surface area contributed by atoms with E-state index in [2.05, 4.69) is 28.8 Å². The second-order valence-corrected chi connectivity index (χ2v) is 6.31. The lowest BCUT2D eigenvalue weighted by molar-refractivity contribution is -0.189. The van der Waals surface area contributed by atoms with Gasteiger partial charge in [0.25, 0.3) is 0 Å². The molecule has 0 amide bonds. The van der Waals surface area contributed by atoms with E-state index in [9.17, 15) is 4.79 Å². The van der Waals surface area contributed by atoms with Crippen LogP contribution in [-0.2, 0) is 14.3 Å². The van der Waals surface area contributed by atoms with E-state index < -0.39 is 12.3 Å². The minimum Gasteiger partial charge on any atom is -0.434 e. The van der Waals surface area contributed by atoms with Gasteiger partial charge in [-0.05, 0) is 31.9 Å². The van der Waals surface area contributed by atoms with Crippen LogP contribution in [0.25, 0.3) is 21.8 Å². The van der Waals surface area contributed by atoms with Gasteiger partial charge in [-0.15, -0.1) is 0 Å². The van der Waals surface area contributed by atoms with E-state index in [0.717, 1.165) is 41.1 Å². The van der Waals surface area contributed by atoms with E-state index in [1.165, 1.54) is 0 Å². The Morgan fingerprint density at radius 1 is 1.08 bits per heavy atom. The molecule has 0 bridgehead atoms. The lowest BCUT2D eigenvalue weighted by Crippen LogP contribution is -2.29. The highest BCUT2D eigenvalue weighted by Crippen LogP contribution is 2.32. The fraction of sp³-hybridized carbons (Fsp3) is 0.350. The van der Waals surface area contributed by atoms with Crippen LogP contribution in [0.5, 0.6) is 0 Å². The maximum absolute atomic E-state index is 12.7. The number of carbonyl (C=O) groups is 1. The lowest BCUT2D eigenvalue weighted by atomic mass is 10.2. The maximum Gasteiger partial charge on any atom is 0.331 e. The summed E-state index contributed by atoms with van der Waals surface area (Å²) in [5, 5.41) is 2.31. The number of nitrogens with zero attached hydrogens (tertiary/aromatic N) is 1. The molecule has 0 radical (unpaired) electrons. The summed E-state index contributed by atoms with van der Waals surface area (Å²) in [4.78, 5) is 12.7. The van der Waals surface area contributed by atoms with E-state index in [1.54, 1.807) is 0 Å². The normalized spacial score (nSPS) is 19.5. The second kappa shape index (κ2) is 6.29. The second-order valence-electron chi connectivity index (χ2n) is 6.31. The molecule has 1 aromatic heterocycles. The van der Waals surface area contributed by atoms with E-state index in [4.69, 9.17) is 9.47 Å². The van der Waals surface area contributed by atoms with Gasteiger partial charge in [-0.3, -0.25) is 0 Å². The summed E-state index contributed by atoms with van der Waals surface area (Å²) in [5.41, 5.74) is 2.10. The largest absolute Gasteiger partial charge is 0.434 e. The Hall–Kier alpha value is -2.33. The smallest absolute Gasteiger partial charge is 0.331 e. The van der Waals surface area contributed by atoms with E-state index in [0.29, 0.717) is 6.61 Å². The van der Waals surface area contributed by atoms with Crippen LogP contribution in [-0.4, -0.2) is 23.4 Å². The number of hydrogen-bond acceptors (Lipinski definition) is 3. The van der Waals surface area contributed by atoms with Gasteiger partial charge in [0.1, 0.15) is 6.04 Å². The molecule has 0 N–H and O–H groups in total. The number of para-hydroxylation sites is 2. The van der Waals surface area contributed by atoms with Crippen molar-refractivity contribution in [1.29, 1.82) is 0 Å². The third-order valence-electron chi connectivity index (χ3n) is 4.73. The molecule has 4 nitrogen and oxygen atoms in total. The van der Waals surface area contributed by atoms with Crippen LogP contribution in [0, 0.1) is 0 Å². The molecule has 0 spiro atoms. The molecule has 4 rings (SSSR count). The molecule has 1 aliphatic heterocycles. The Morgan fingerprint density at radius 2 is 1.71 bits per heavy atom. The summed E-state index contributed by atoms with van der Waals surface area (Å²) >= 11 is 0. The average molecular weight is 323 g/mol. The van der Waals surface area contributed by atoms with Gasteiger partial charge in [-0.1, -0.05) is 36.4 Å². The Balaban J connectivity index is 1.72. The standard InChI is InChI=1S/C20H21NO3/c1-14(20(22)24-19-12-6-7-13-23-19)21-17-10-4-2-8-15(17)16-9-3-5-11-18(16)21/h2-5,8-11,14,19H,6-7,12-13H2,1H3. The predicted molar refractivity (Wildman–Crippen MR) is 93.8 cm³/mol. The quantitative estimate of drug-likeness (QED) is 0.670. The molecule has 0 aliphatic carbocycles. The number of carbonyl (C=O) groups excluding carboxylic acids is 1. The zero-order chi connectivity index (χ0) is 16.5. The molecule has 0 saturated carbocycles. The molecule has 1 aliphatic rings. The average Bonchev–Trinajstić information content (AvgIpc) is 2.96. The molecule has 2 atom stereocenters. The molecule has 1 saturated heterocycles. The molecule has 2 heterocycles. The van der Waals surface area contributed by atoms with Gasteiger partial charge in [0.15, 0.2) is 0 Å². The summed E-state index contributed by atoms with van der Waals surface area (Å²) < 4.78 is 13.2. The molecule has 124 valence electrons. The van der Waals surface area contributed by atoms with E-state index in [1.807, 2.05) is 31.2 Å². The number of rotatable bonds is 3. The fourth-order valence-electron chi connectivity index (χ4n) is 3.51. The topological polar surface area (TPSA) is 40.5 Å². The monoisotopic (exact) mass is 323 g/mol. The number of hydrogen-bond donors (Lipinski definition) is 0. The Labute approximate surface area is 141 Å². The molecule has 4 heteroatoms.